The van der Waals surface area contributed by atoms with E-state index in [-0.39, 0.29) is 18.0 Å². The fourth-order valence-electron chi connectivity index (χ4n) is 4.57. The molecule has 7 heteroatoms. The number of amides is 1. The number of anilines is 1. The maximum absolute atomic E-state index is 12.8. The van der Waals surface area contributed by atoms with E-state index < -0.39 is 0 Å². The summed E-state index contributed by atoms with van der Waals surface area (Å²) in [6.07, 6.45) is 4.17. The largest absolute Gasteiger partial charge is 0.352 e. The molecule has 35 heavy (non-hydrogen) atoms. The molecule has 0 aliphatic carbocycles. The second-order valence-corrected chi connectivity index (χ2v) is 8.96. The van der Waals surface area contributed by atoms with Gasteiger partial charge in [-0.3, -0.25) is 9.78 Å². The molecule has 1 aliphatic heterocycles. The minimum absolute atomic E-state index is 0.0411. The standard InChI is InChI=1S/C28H27N5OS/c1-20-10-5-6-13-22(20)30-25(34)16-19-33-27(26(31-28(33)35)23-14-7-8-17-29-23)24-15-9-18-32(24)21-11-3-2-4-12-21/h2-15,17-18,26-27H,16,19H2,1H3,(H,30,34)(H,31,35)/t26-,27-/m1/s1. The average molecular weight is 482 g/mol. The highest BCUT2D eigenvalue weighted by molar-refractivity contribution is 7.80. The highest BCUT2D eigenvalue weighted by Crippen LogP contribution is 2.39. The van der Waals surface area contributed by atoms with Crippen LogP contribution < -0.4 is 10.6 Å². The lowest BCUT2D eigenvalue weighted by Gasteiger charge is -2.29. The Balaban J connectivity index is 1.44. The number of hydrogen-bond donors (Lipinski definition) is 2. The molecule has 6 nitrogen and oxygen atoms in total. The van der Waals surface area contributed by atoms with Gasteiger partial charge in [-0.25, -0.2) is 0 Å². The summed E-state index contributed by atoms with van der Waals surface area (Å²) in [7, 11) is 0. The van der Waals surface area contributed by atoms with E-state index in [1.807, 2.05) is 73.7 Å². The lowest BCUT2D eigenvalue weighted by atomic mass is 10.0. The van der Waals surface area contributed by atoms with Gasteiger partial charge < -0.3 is 20.1 Å². The van der Waals surface area contributed by atoms with E-state index >= 15 is 0 Å². The number of rotatable bonds is 7. The van der Waals surface area contributed by atoms with Gasteiger partial charge in [-0.1, -0.05) is 42.5 Å². The van der Waals surface area contributed by atoms with Crippen LogP contribution in [0.2, 0.25) is 0 Å². The van der Waals surface area contributed by atoms with E-state index in [2.05, 4.69) is 49.5 Å². The van der Waals surface area contributed by atoms with Gasteiger partial charge in [0.15, 0.2) is 5.11 Å². The van der Waals surface area contributed by atoms with Gasteiger partial charge in [0.05, 0.1) is 17.8 Å². The first-order chi connectivity index (χ1) is 17.1. The normalized spacial score (nSPS) is 17.3. The summed E-state index contributed by atoms with van der Waals surface area (Å²) in [6, 6.07) is 27.8. The van der Waals surface area contributed by atoms with Gasteiger partial charge in [0.25, 0.3) is 0 Å². The molecule has 0 saturated carbocycles. The van der Waals surface area contributed by atoms with Crippen LogP contribution in [0.15, 0.2) is 97.3 Å². The Labute approximate surface area is 210 Å². The third-order valence-electron chi connectivity index (χ3n) is 6.31. The van der Waals surface area contributed by atoms with Crippen LogP contribution in [0.5, 0.6) is 0 Å². The highest BCUT2D eigenvalue weighted by Gasteiger charge is 2.41. The Morgan fingerprint density at radius 3 is 2.54 bits per heavy atom. The van der Waals surface area contributed by atoms with Gasteiger partial charge >= 0.3 is 0 Å². The van der Waals surface area contributed by atoms with Crippen molar-refractivity contribution < 1.29 is 4.79 Å². The number of thiocarbonyl (C=S) groups is 1. The van der Waals surface area contributed by atoms with Crippen LogP contribution in [0.3, 0.4) is 0 Å². The van der Waals surface area contributed by atoms with Gasteiger partial charge in [-0.15, -0.1) is 0 Å². The van der Waals surface area contributed by atoms with Gasteiger partial charge in [-0.2, -0.15) is 0 Å². The lowest BCUT2D eigenvalue weighted by molar-refractivity contribution is -0.116. The van der Waals surface area contributed by atoms with Gasteiger partial charge in [0, 0.05) is 42.4 Å². The van der Waals surface area contributed by atoms with Crippen LogP contribution in [-0.2, 0) is 4.79 Å². The number of pyridine rings is 1. The van der Waals surface area contributed by atoms with Gasteiger partial charge in [-0.05, 0) is 67.2 Å². The minimum atomic E-state index is -0.138. The van der Waals surface area contributed by atoms with Crippen LogP contribution in [-0.4, -0.2) is 32.0 Å². The number of nitrogens with zero attached hydrogens (tertiary/aromatic N) is 3. The van der Waals surface area contributed by atoms with Crippen molar-refractivity contribution in [3.8, 4) is 5.69 Å². The van der Waals surface area contributed by atoms with Crippen molar-refractivity contribution in [2.45, 2.75) is 25.4 Å². The number of carbonyl (C=O) groups is 1. The van der Waals surface area contributed by atoms with Crippen molar-refractivity contribution in [1.29, 1.82) is 0 Å². The smallest absolute Gasteiger partial charge is 0.226 e. The Kier molecular flexibility index (Phi) is 6.59. The molecule has 2 N–H and O–H groups in total. The number of aryl methyl sites for hydroxylation is 1. The van der Waals surface area contributed by atoms with E-state index in [0.29, 0.717) is 18.1 Å². The third-order valence-corrected chi connectivity index (χ3v) is 6.67. The molecular formula is C28H27N5OS. The summed E-state index contributed by atoms with van der Waals surface area (Å²) < 4.78 is 2.18. The molecule has 0 unspecified atom stereocenters. The summed E-state index contributed by atoms with van der Waals surface area (Å²) in [5, 5.41) is 7.12. The number of para-hydroxylation sites is 2. The predicted octanol–water partition coefficient (Wildman–Crippen LogP) is 5.18. The van der Waals surface area contributed by atoms with Crippen molar-refractivity contribution in [3.63, 3.8) is 0 Å². The molecule has 176 valence electrons. The van der Waals surface area contributed by atoms with Crippen LogP contribution in [0.1, 0.15) is 35.5 Å². The number of aromatic nitrogens is 2. The van der Waals surface area contributed by atoms with E-state index in [0.717, 1.165) is 28.3 Å². The van der Waals surface area contributed by atoms with E-state index in [9.17, 15) is 4.79 Å². The molecule has 3 heterocycles. The first-order valence-electron chi connectivity index (χ1n) is 11.7. The molecule has 2 atom stereocenters. The van der Waals surface area contributed by atoms with Crippen LogP contribution in [0.4, 0.5) is 5.69 Å². The number of benzene rings is 2. The van der Waals surface area contributed by atoms with Crippen LogP contribution in [0, 0.1) is 6.92 Å². The molecule has 2 aromatic heterocycles. The molecular weight excluding hydrogens is 454 g/mol. The first-order valence-corrected chi connectivity index (χ1v) is 12.1. The van der Waals surface area contributed by atoms with E-state index in [1.165, 1.54) is 0 Å². The van der Waals surface area contributed by atoms with E-state index in [4.69, 9.17) is 12.2 Å². The predicted molar refractivity (Wildman–Crippen MR) is 142 cm³/mol. The Morgan fingerprint density at radius 2 is 1.77 bits per heavy atom. The van der Waals surface area contributed by atoms with Crippen molar-refractivity contribution in [2.24, 2.45) is 0 Å². The third kappa shape index (κ3) is 4.81. The van der Waals surface area contributed by atoms with Gasteiger partial charge in [0.1, 0.15) is 0 Å². The van der Waals surface area contributed by atoms with Crippen molar-refractivity contribution in [1.82, 2.24) is 19.8 Å². The summed E-state index contributed by atoms with van der Waals surface area (Å²) in [6.45, 7) is 2.47. The van der Waals surface area contributed by atoms with Gasteiger partial charge in [0.2, 0.25) is 5.91 Å². The molecule has 1 amide bonds. The second kappa shape index (κ2) is 10.1. The van der Waals surface area contributed by atoms with Crippen LogP contribution in [0.25, 0.3) is 5.69 Å². The summed E-state index contributed by atoms with van der Waals surface area (Å²) in [5.41, 5.74) is 4.93. The zero-order chi connectivity index (χ0) is 24.2. The fraction of sp³-hybridized carbons (Fsp3) is 0.179. The fourth-order valence-corrected chi connectivity index (χ4v) is 4.91. The summed E-state index contributed by atoms with van der Waals surface area (Å²) in [5.74, 6) is -0.0411. The molecule has 0 radical (unpaired) electrons. The molecule has 5 rings (SSSR count). The molecule has 0 bridgehead atoms. The van der Waals surface area contributed by atoms with E-state index in [1.54, 1.807) is 6.20 Å². The van der Waals surface area contributed by atoms with Crippen molar-refractivity contribution >= 4 is 28.9 Å². The minimum Gasteiger partial charge on any atom is -0.352 e. The highest BCUT2D eigenvalue weighted by atomic mass is 32.1. The topological polar surface area (TPSA) is 62.2 Å². The number of carbonyl (C=O) groups excluding carboxylic acids is 1. The zero-order valence-corrected chi connectivity index (χ0v) is 20.3. The maximum Gasteiger partial charge on any atom is 0.226 e. The number of hydrogen-bond acceptors (Lipinski definition) is 3. The molecule has 2 aromatic carbocycles. The molecule has 0 spiro atoms. The second-order valence-electron chi connectivity index (χ2n) is 8.57. The SMILES string of the molecule is Cc1ccccc1NC(=O)CCN1C(=S)N[C@H](c2ccccn2)[C@H]1c1cccn1-c1ccccc1. The van der Waals surface area contributed by atoms with Crippen LogP contribution >= 0.6 is 12.2 Å². The molecule has 1 fully saturated rings. The molecule has 1 saturated heterocycles. The molecule has 1 aliphatic rings. The first kappa shape index (κ1) is 22.8. The van der Waals surface area contributed by atoms with Crippen molar-refractivity contribution in [2.75, 3.05) is 11.9 Å². The number of nitrogens with one attached hydrogen (secondary N) is 2. The lowest BCUT2D eigenvalue weighted by Crippen LogP contribution is -2.33. The molecule has 4 aromatic rings. The monoisotopic (exact) mass is 481 g/mol. The summed E-state index contributed by atoms with van der Waals surface area (Å²) >= 11 is 5.78. The maximum atomic E-state index is 12.8. The summed E-state index contributed by atoms with van der Waals surface area (Å²) in [4.78, 5) is 19.6. The average Bonchev–Trinajstić information content (AvgIpc) is 3.49. The Hall–Kier alpha value is -3.97. The zero-order valence-electron chi connectivity index (χ0n) is 19.5. The quantitative estimate of drug-likeness (QED) is 0.356. The van der Waals surface area contributed by atoms with Crippen molar-refractivity contribution in [3.05, 3.63) is 114 Å². The Bertz CT molecular complexity index is 1320. The Morgan fingerprint density at radius 1 is 1.00 bits per heavy atom.